The van der Waals surface area contributed by atoms with Crippen molar-refractivity contribution < 1.29 is 9.47 Å². The first-order valence-corrected chi connectivity index (χ1v) is 13.5. The van der Waals surface area contributed by atoms with Gasteiger partial charge in [0.15, 0.2) is 0 Å². The van der Waals surface area contributed by atoms with Crippen molar-refractivity contribution >= 4 is 5.82 Å². The number of methoxy groups -OCH3 is 1. The van der Waals surface area contributed by atoms with Crippen molar-refractivity contribution in [3.05, 3.63) is 41.0 Å². The molecule has 6 rings (SSSR count). The Morgan fingerprint density at radius 1 is 0.943 bits per heavy atom. The van der Waals surface area contributed by atoms with Crippen molar-refractivity contribution in [3.63, 3.8) is 0 Å². The number of benzene rings is 1. The summed E-state index contributed by atoms with van der Waals surface area (Å²) < 4.78 is 12.1. The molecule has 2 saturated heterocycles. The van der Waals surface area contributed by atoms with Crippen LogP contribution in [-0.2, 0) is 18.4 Å². The summed E-state index contributed by atoms with van der Waals surface area (Å²) in [4.78, 5) is 14.0. The lowest BCUT2D eigenvalue weighted by molar-refractivity contribution is 0.0194. The van der Waals surface area contributed by atoms with Crippen molar-refractivity contribution in [2.24, 2.45) is 0 Å². The van der Waals surface area contributed by atoms with Crippen molar-refractivity contribution in [1.29, 1.82) is 0 Å². The molecule has 4 heterocycles. The minimum Gasteiger partial charge on any atom is -0.467 e. The van der Waals surface area contributed by atoms with Crippen LogP contribution in [0.15, 0.2) is 24.3 Å². The van der Waals surface area contributed by atoms with Gasteiger partial charge in [0.25, 0.3) is 0 Å². The first-order valence-electron chi connectivity index (χ1n) is 13.5. The van der Waals surface area contributed by atoms with Gasteiger partial charge < -0.3 is 24.6 Å². The average Bonchev–Trinajstić information content (AvgIpc) is 3.41. The van der Waals surface area contributed by atoms with Gasteiger partial charge in [0.1, 0.15) is 11.4 Å². The molecule has 1 unspecified atom stereocenters. The van der Waals surface area contributed by atoms with Gasteiger partial charge in [-0.2, -0.15) is 9.97 Å². The predicted octanol–water partition coefficient (Wildman–Crippen LogP) is 4.19. The van der Waals surface area contributed by atoms with Crippen LogP contribution in [-0.4, -0.2) is 68.3 Å². The number of fused-ring (bicyclic) bond motifs is 3. The Morgan fingerprint density at radius 2 is 1.69 bits per heavy atom. The molecule has 1 N–H and O–H groups in total. The quantitative estimate of drug-likeness (QED) is 0.690. The fraction of sp³-hybridized carbons (Fsp3) is 0.643. The fourth-order valence-corrected chi connectivity index (χ4v) is 5.65. The van der Waals surface area contributed by atoms with Crippen molar-refractivity contribution in [1.82, 2.24) is 20.2 Å². The molecule has 7 nitrogen and oxygen atoms in total. The molecule has 35 heavy (non-hydrogen) atoms. The van der Waals surface area contributed by atoms with Gasteiger partial charge in [-0.15, -0.1) is 0 Å². The van der Waals surface area contributed by atoms with Crippen molar-refractivity contribution in [2.75, 3.05) is 58.3 Å². The van der Waals surface area contributed by atoms with Crippen LogP contribution in [0.3, 0.4) is 0 Å². The molecule has 2 fully saturated rings. The summed E-state index contributed by atoms with van der Waals surface area (Å²) in [6, 6.07) is 9.11. The number of ether oxygens (including phenoxy) is 2. The molecule has 2 aromatic rings. The number of rotatable bonds is 2. The third-order valence-electron chi connectivity index (χ3n) is 7.46. The number of hydrogen-bond acceptors (Lipinski definition) is 7. The highest BCUT2D eigenvalue weighted by Crippen LogP contribution is 2.47. The number of aromatic nitrogens is 2. The van der Waals surface area contributed by atoms with E-state index in [9.17, 15) is 0 Å². The molecule has 1 spiro atoms. The van der Waals surface area contributed by atoms with Crippen LogP contribution < -0.4 is 19.7 Å². The fourth-order valence-electron chi connectivity index (χ4n) is 5.65. The topological polar surface area (TPSA) is 62.8 Å². The van der Waals surface area contributed by atoms with Crippen LogP contribution in [0.5, 0.6) is 11.9 Å². The van der Waals surface area contributed by atoms with E-state index in [1.165, 1.54) is 37.1 Å². The van der Waals surface area contributed by atoms with Gasteiger partial charge in [-0.25, -0.2) is 0 Å². The van der Waals surface area contributed by atoms with Crippen molar-refractivity contribution in [2.45, 2.75) is 64.4 Å². The van der Waals surface area contributed by atoms with E-state index in [-0.39, 0.29) is 5.60 Å². The summed E-state index contributed by atoms with van der Waals surface area (Å²) in [6.45, 7) is 10.5. The maximum atomic E-state index is 6.69. The molecule has 4 aliphatic rings. The molecule has 1 aliphatic carbocycles. The molecule has 7 heteroatoms. The molecule has 192 valence electrons. The lowest BCUT2D eigenvalue weighted by Crippen LogP contribution is -2.45. The van der Waals surface area contributed by atoms with E-state index < -0.39 is 0 Å². The van der Waals surface area contributed by atoms with E-state index in [4.69, 9.17) is 14.5 Å². The Balaban J connectivity index is 0.000000313. The summed E-state index contributed by atoms with van der Waals surface area (Å²) in [5, 5.41) is 3.40. The number of piperazine rings is 1. The number of likely N-dealkylation sites (tertiary alicyclic amines) is 1. The maximum Gasteiger partial charge on any atom is 0.321 e. The number of nitrogens with zero attached hydrogens (tertiary/aromatic N) is 4. The van der Waals surface area contributed by atoms with Crippen LogP contribution >= 0.6 is 0 Å². The van der Waals surface area contributed by atoms with Gasteiger partial charge in [-0.3, -0.25) is 0 Å². The monoisotopic (exact) mass is 481 g/mol. The second-order valence-corrected chi connectivity index (χ2v) is 9.67. The van der Waals surface area contributed by atoms with Crippen LogP contribution in [0, 0.1) is 0 Å². The average molecular weight is 482 g/mol. The first-order chi connectivity index (χ1) is 17.2. The zero-order valence-corrected chi connectivity index (χ0v) is 22.1. The molecular formula is C28H43N5O2. The van der Waals surface area contributed by atoms with Gasteiger partial charge in [-0.05, 0) is 76.2 Å². The minimum atomic E-state index is -0.262. The van der Waals surface area contributed by atoms with Crippen LogP contribution in [0.25, 0.3) is 0 Å². The van der Waals surface area contributed by atoms with Crippen LogP contribution in [0.1, 0.15) is 62.6 Å². The van der Waals surface area contributed by atoms with Gasteiger partial charge in [0, 0.05) is 26.2 Å². The Bertz CT molecular complexity index is 956. The summed E-state index contributed by atoms with van der Waals surface area (Å²) in [5.41, 5.74) is 3.62. The van der Waals surface area contributed by atoms with Gasteiger partial charge in [-0.1, -0.05) is 38.1 Å². The summed E-state index contributed by atoms with van der Waals surface area (Å²) >= 11 is 0. The molecule has 0 bridgehead atoms. The zero-order valence-electron chi connectivity index (χ0n) is 22.1. The second kappa shape index (κ2) is 12.0. The third kappa shape index (κ3) is 5.72. The zero-order chi connectivity index (χ0) is 24.7. The van der Waals surface area contributed by atoms with E-state index in [0.717, 1.165) is 69.7 Å². The SMILES string of the molecule is CC.CN1CCCC1.COc1nc2c(c(N3CCNCC3)n1)CCC1(CCCc3ccccc31)O2. The van der Waals surface area contributed by atoms with Gasteiger partial charge in [0.05, 0.1) is 12.7 Å². The van der Waals surface area contributed by atoms with E-state index in [2.05, 4.69) is 51.4 Å². The Kier molecular flexibility index (Phi) is 8.84. The molecule has 0 saturated carbocycles. The lowest BCUT2D eigenvalue weighted by atomic mass is 9.75. The van der Waals surface area contributed by atoms with Crippen LogP contribution in [0.2, 0.25) is 0 Å². The van der Waals surface area contributed by atoms with Crippen molar-refractivity contribution in [3.8, 4) is 11.9 Å². The van der Waals surface area contributed by atoms with E-state index in [0.29, 0.717) is 11.9 Å². The highest BCUT2D eigenvalue weighted by Gasteiger charge is 2.43. The number of anilines is 1. The normalized spacial score (nSPS) is 23.1. The maximum absolute atomic E-state index is 6.69. The molecule has 0 amide bonds. The van der Waals surface area contributed by atoms with E-state index in [1.54, 1.807) is 7.11 Å². The third-order valence-corrected chi connectivity index (χ3v) is 7.46. The van der Waals surface area contributed by atoms with Crippen LogP contribution in [0.4, 0.5) is 5.82 Å². The van der Waals surface area contributed by atoms with Gasteiger partial charge in [0.2, 0.25) is 5.88 Å². The molecule has 0 radical (unpaired) electrons. The Morgan fingerprint density at radius 3 is 2.37 bits per heavy atom. The predicted molar refractivity (Wildman–Crippen MR) is 142 cm³/mol. The van der Waals surface area contributed by atoms with E-state index in [1.807, 2.05) is 13.8 Å². The number of aryl methyl sites for hydroxylation is 1. The van der Waals surface area contributed by atoms with E-state index >= 15 is 0 Å². The largest absolute Gasteiger partial charge is 0.467 e. The highest BCUT2D eigenvalue weighted by molar-refractivity contribution is 5.55. The summed E-state index contributed by atoms with van der Waals surface area (Å²) in [7, 11) is 3.80. The Hall–Kier alpha value is -2.38. The van der Waals surface area contributed by atoms with Gasteiger partial charge >= 0.3 is 6.01 Å². The second-order valence-electron chi connectivity index (χ2n) is 9.67. The first kappa shape index (κ1) is 25.7. The minimum absolute atomic E-state index is 0.262. The highest BCUT2D eigenvalue weighted by atomic mass is 16.5. The molecular weight excluding hydrogens is 438 g/mol. The molecule has 1 aromatic carbocycles. The standard InChI is InChI=1S/C21H26N4O2.C5H11N.C2H6/c1-26-20-23-18(25-13-11-22-12-14-25)16-8-10-21(27-19(16)24-20)9-4-6-15-5-2-3-7-17(15)21;1-6-4-2-3-5-6;1-2/h2-3,5,7,22H,4,6,8-14H2,1H3;2-5H2,1H3;1-2H3. The summed E-state index contributed by atoms with van der Waals surface area (Å²) in [6.07, 6.45) is 8.07. The molecule has 1 aromatic heterocycles. The lowest BCUT2D eigenvalue weighted by Gasteiger charge is -2.43. The smallest absolute Gasteiger partial charge is 0.321 e. The molecule has 1 atom stereocenters. The molecule has 3 aliphatic heterocycles. The Labute approximate surface area is 211 Å². The summed E-state index contributed by atoms with van der Waals surface area (Å²) in [5.74, 6) is 1.69. The number of hydrogen-bond donors (Lipinski definition) is 1. The number of nitrogens with one attached hydrogen (secondary N) is 1.